The first-order valence-electron chi connectivity index (χ1n) is 6.13. The van der Waals surface area contributed by atoms with Gasteiger partial charge in [0.2, 0.25) is 0 Å². The summed E-state index contributed by atoms with van der Waals surface area (Å²) in [6.45, 7) is 0. The van der Waals surface area contributed by atoms with Gasteiger partial charge in [-0.05, 0) is 33.6 Å². The van der Waals surface area contributed by atoms with E-state index in [1.807, 2.05) is 0 Å². The van der Waals surface area contributed by atoms with Crippen molar-refractivity contribution in [1.82, 2.24) is 0 Å². The zero-order valence-electron chi connectivity index (χ0n) is 11.1. The molecule has 0 saturated carbocycles. The van der Waals surface area contributed by atoms with Gasteiger partial charge in [0.05, 0.1) is 12.8 Å². The fourth-order valence-corrected chi connectivity index (χ4v) is 2.26. The molecule has 1 unspecified atom stereocenters. The van der Waals surface area contributed by atoms with E-state index in [0.29, 0.717) is 15.9 Å². The molecule has 0 fully saturated rings. The number of halogens is 4. The van der Waals surface area contributed by atoms with Crippen LogP contribution in [0, 0.1) is 0 Å². The Morgan fingerprint density at radius 2 is 1.76 bits per heavy atom. The molecule has 112 valence electrons. The van der Waals surface area contributed by atoms with Crippen LogP contribution in [0.5, 0.6) is 5.75 Å². The molecule has 0 spiro atoms. The van der Waals surface area contributed by atoms with Crippen molar-refractivity contribution in [3.8, 4) is 5.75 Å². The number of alkyl halides is 3. The number of nitrogens with one attached hydrogen (secondary N) is 1. The molecule has 0 aliphatic carbocycles. The van der Waals surface area contributed by atoms with Crippen LogP contribution in [0.1, 0.15) is 11.6 Å². The molecule has 0 aliphatic rings. The van der Waals surface area contributed by atoms with E-state index in [2.05, 4.69) is 21.2 Å². The molecule has 1 N–H and O–H groups in total. The minimum atomic E-state index is -4.41. The van der Waals surface area contributed by atoms with Crippen molar-refractivity contribution in [2.75, 3.05) is 12.4 Å². The van der Waals surface area contributed by atoms with E-state index in [9.17, 15) is 13.2 Å². The Hall–Kier alpha value is -1.69. The van der Waals surface area contributed by atoms with Gasteiger partial charge in [0, 0.05) is 10.5 Å². The third kappa shape index (κ3) is 3.91. The highest BCUT2D eigenvalue weighted by Gasteiger charge is 2.41. The summed E-state index contributed by atoms with van der Waals surface area (Å²) in [5, 5.41) is 2.53. The van der Waals surface area contributed by atoms with Gasteiger partial charge in [-0.3, -0.25) is 0 Å². The quantitative estimate of drug-likeness (QED) is 0.812. The van der Waals surface area contributed by atoms with Crippen LogP contribution in [0.15, 0.2) is 53.0 Å². The topological polar surface area (TPSA) is 21.3 Å². The second-order valence-corrected chi connectivity index (χ2v) is 5.23. The molecule has 0 aromatic heterocycles. The predicted octanol–water partition coefficient (Wildman–Crippen LogP) is 5.17. The molecular formula is C15H13BrF3NO. The van der Waals surface area contributed by atoms with E-state index in [4.69, 9.17) is 4.74 Å². The second-order valence-electron chi connectivity index (χ2n) is 4.38. The summed E-state index contributed by atoms with van der Waals surface area (Å²) in [4.78, 5) is 0. The first kappa shape index (κ1) is 15.7. The summed E-state index contributed by atoms with van der Waals surface area (Å²) < 4.78 is 45.5. The van der Waals surface area contributed by atoms with Crippen LogP contribution in [0.3, 0.4) is 0 Å². The SMILES string of the molecule is COc1ccc(Br)c(NC(c2ccccc2)C(F)(F)F)c1. The first-order chi connectivity index (χ1) is 9.91. The van der Waals surface area contributed by atoms with E-state index < -0.39 is 12.2 Å². The summed E-state index contributed by atoms with van der Waals surface area (Å²) in [5.41, 5.74) is 0.472. The maximum atomic E-state index is 13.3. The van der Waals surface area contributed by atoms with Gasteiger partial charge in [-0.1, -0.05) is 30.3 Å². The monoisotopic (exact) mass is 359 g/mol. The number of hydrogen-bond acceptors (Lipinski definition) is 2. The van der Waals surface area contributed by atoms with Gasteiger partial charge in [-0.25, -0.2) is 0 Å². The Labute approximate surface area is 129 Å². The molecule has 2 aromatic rings. The lowest BCUT2D eigenvalue weighted by Crippen LogP contribution is -2.28. The lowest BCUT2D eigenvalue weighted by Gasteiger charge is -2.24. The summed E-state index contributed by atoms with van der Waals surface area (Å²) in [6.07, 6.45) is -4.41. The minimum absolute atomic E-state index is 0.153. The lowest BCUT2D eigenvalue weighted by atomic mass is 10.1. The highest BCUT2D eigenvalue weighted by atomic mass is 79.9. The highest BCUT2D eigenvalue weighted by molar-refractivity contribution is 9.10. The van der Waals surface area contributed by atoms with Gasteiger partial charge < -0.3 is 10.1 Å². The van der Waals surface area contributed by atoms with Crippen LogP contribution in [-0.4, -0.2) is 13.3 Å². The van der Waals surface area contributed by atoms with Crippen LogP contribution in [0.4, 0.5) is 18.9 Å². The van der Waals surface area contributed by atoms with Gasteiger partial charge in [0.15, 0.2) is 0 Å². The number of hydrogen-bond donors (Lipinski definition) is 1. The smallest absolute Gasteiger partial charge is 0.412 e. The van der Waals surface area contributed by atoms with Gasteiger partial charge in [0.1, 0.15) is 11.8 Å². The van der Waals surface area contributed by atoms with Crippen molar-refractivity contribution in [2.24, 2.45) is 0 Å². The van der Waals surface area contributed by atoms with Gasteiger partial charge in [-0.2, -0.15) is 13.2 Å². The fraction of sp³-hybridized carbons (Fsp3) is 0.200. The Balaban J connectivity index is 2.36. The third-order valence-corrected chi connectivity index (χ3v) is 3.63. The first-order valence-corrected chi connectivity index (χ1v) is 6.93. The van der Waals surface area contributed by atoms with Crippen molar-refractivity contribution in [2.45, 2.75) is 12.2 Å². The Bertz CT molecular complexity index is 602. The summed E-state index contributed by atoms with van der Waals surface area (Å²) in [6, 6.07) is 10.8. The van der Waals surface area contributed by atoms with Crippen LogP contribution >= 0.6 is 15.9 Å². The number of anilines is 1. The largest absolute Gasteiger partial charge is 0.497 e. The number of ether oxygens (including phenoxy) is 1. The van der Waals surface area contributed by atoms with E-state index in [0.717, 1.165) is 0 Å². The minimum Gasteiger partial charge on any atom is -0.497 e. The Morgan fingerprint density at radius 1 is 1.10 bits per heavy atom. The van der Waals surface area contributed by atoms with E-state index >= 15 is 0 Å². The van der Waals surface area contributed by atoms with E-state index in [-0.39, 0.29) is 5.56 Å². The zero-order chi connectivity index (χ0) is 15.5. The normalized spacial score (nSPS) is 12.8. The second kappa shape index (κ2) is 6.39. The van der Waals surface area contributed by atoms with E-state index in [1.54, 1.807) is 30.3 Å². The molecule has 2 rings (SSSR count). The molecule has 6 heteroatoms. The van der Waals surface area contributed by atoms with Crippen molar-refractivity contribution >= 4 is 21.6 Å². The molecule has 0 heterocycles. The molecule has 2 aromatic carbocycles. The van der Waals surface area contributed by atoms with E-state index in [1.165, 1.54) is 25.3 Å². The molecular weight excluding hydrogens is 347 g/mol. The Kier molecular flexibility index (Phi) is 4.77. The van der Waals surface area contributed by atoms with Crippen LogP contribution in [-0.2, 0) is 0 Å². The standard InChI is InChI=1S/C15H13BrF3NO/c1-21-11-7-8-12(16)13(9-11)20-14(15(17,18)19)10-5-3-2-4-6-10/h2-9,14,20H,1H3. The molecule has 1 atom stereocenters. The Morgan fingerprint density at radius 3 is 2.33 bits per heavy atom. The molecule has 0 amide bonds. The van der Waals surface area contributed by atoms with Crippen LogP contribution in [0.2, 0.25) is 0 Å². The molecule has 0 saturated heterocycles. The van der Waals surface area contributed by atoms with Crippen molar-refractivity contribution in [3.05, 3.63) is 58.6 Å². The maximum Gasteiger partial charge on any atom is 0.412 e. The average molecular weight is 360 g/mol. The highest BCUT2D eigenvalue weighted by Crippen LogP contribution is 2.38. The summed E-state index contributed by atoms with van der Waals surface area (Å²) in [5.74, 6) is 0.481. The molecule has 0 radical (unpaired) electrons. The predicted molar refractivity (Wildman–Crippen MR) is 79.6 cm³/mol. The number of benzene rings is 2. The number of rotatable bonds is 4. The number of methoxy groups -OCH3 is 1. The molecule has 0 aliphatic heterocycles. The molecule has 0 bridgehead atoms. The fourth-order valence-electron chi connectivity index (χ4n) is 1.90. The van der Waals surface area contributed by atoms with Crippen LogP contribution in [0.25, 0.3) is 0 Å². The van der Waals surface area contributed by atoms with Gasteiger partial charge >= 0.3 is 6.18 Å². The van der Waals surface area contributed by atoms with Gasteiger partial charge in [-0.15, -0.1) is 0 Å². The third-order valence-electron chi connectivity index (χ3n) is 2.93. The van der Waals surface area contributed by atoms with Crippen molar-refractivity contribution < 1.29 is 17.9 Å². The average Bonchev–Trinajstić information content (AvgIpc) is 2.46. The maximum absolute atomic E-state index is 13.3. The summed E-state index contributed by atoms with van der Waals surface area (Å²) in [7, 11) is 1.46. The molecule has 21 heavy (non-hydrogen) atoms. The van der Waals surface area contributed by atoms with Crippen molar-refractivity contribution in [3.63, 3.8) is 0 Å². The van der Waals surface area contributed by atoms with Crippen molar-refractivity contribution in [1.29, 1.82) is 0 Å². The van der Waals surface area contributed by atoms with Gasteiger partial charge in [0.25, 0.3) is 0 Å². The summed E-state index contributed by atoms with van der Waals surface area (Å²) >= 11 is 3.24. The lowest BCUT2D eigenvalue weighted by molar-refractivity contribution is -0.144. The zero-order valence-corrected chi connectivity index (χ0v) is 12.7. The van der Waals surface area contributed by atoms with Crippen LogP contribution < -0.4 is 10.1 Å². The molecule has 2 nitrogen and oxygen atoms in total.